The minimum Gasteiger partial charge on any atom is -0.399 e. The highest BCUT2D eigenvalue weighted by Crippen LogP contribution is 2.36. The van der Waals surface area contributed by atoms with Gasteiger partial charge in [0.1, 0.15) is 22.3 Å². The molecule has 5 nitrogen and oxygen atoms in total. The molecule has 0 bridgehead atoms. The van der Waals surface area contributed by atoms with Crippen molar-refractivity contribution < 1.29 is 30.9 Å². The Morgan fingerprint density at radius 1 is 0.893 bits per heavy atom. The van der Waals surface area contributed by atoms with E-state index in [9.17, 15) is 21.6 Å². The molecular formula is C18H19BF3NO4S. The van der Waals surface area contributed by atoms with E-state index in [0.717, 1.165) is 12.1 Å². The van der Waals surface area contributed by atoms with Gasteiger partial charge in [0.2, 0.25) is 0 Å². The second kappa shape index (κ2) is 6.79. The maximum absolute atomic E-state index is 14.5. The van der Waals surface area contributed by atoms with Crippen LogP contribution in [-0.4, -0.2) is 26.7 Å². The second-order valence-electron chi connectivity index (χ2n) is 7.51. The molecule has 1 heterocycles. The topological polar surface area (TPSA) is 64.6 Å². The number of benzene rings is 2. The van der Waals surface area contributed by atoms with E-state index in [-0.39, 0.29) is 0 Å². The van der Waals surface area contributed by atoms with Crippen molar-refractivity contribution >= 4 is 28.3 Å². The molecule has 1 N–H and O–H groups in total. The molecule has 150 valence electrons. The first-order chi connectivity index (χ1) is 12.8. The lowest BCUT2D eigenvalue weighted by Gasteiger charge is -2.32. The highest BCUT2D eigenvalue weighted by atomic mass is 32.2. The first-order valence-electron chi connectivity index (χ1n) is 8.45. The Bertz CT molecular complexity index is 1010. The molecule has 10 heteroatoms. The van der Waals surface area contributed by atoms with E-state index in [1.807, 2.05) is 32.4 Å². The third kappa shape index (κ3) is 3.76. The fourth-order valence-corrected chi connectivity index (χ4v) is 3.78. The minimum absolute atomic E-state index is 0.357. The van der Waals surface area contributed by atoms with Crippen LogP contribution in [0, 0.1) is 17.5 Å². The largest absolute Gasteiger partial charge is 0.494 e. The van der Waals surface area contributed by atoms with Crippen LogP contribution in [0.2, 0.25) is 0 Å². The zero-order valence-electron chi connectivity index (χ0n) is 15.7. The van der Waals surface area contributed by atoms with E-state index in [2.05, 4.69) is 0 Å². The first kappa shape index (κ1) is 20.7. The van der Waals surface area contributed by atoms with Crippen molar-refractivity contribution in [3.8, 4) is 0 Å². The molecule has 28 heavy (non-hydrogen) atoms. The number of anilines is 1. The monoisotopic (exact) mass is 413 g/mol. The Hall–Kier alpha value is -2.04. The van der Waals surface area contributed by atoms with Gasteiger partial charge in [0, 0.05) is 0 Å². The third-order valence-corrected chi connectivity index (χ3v) is 6.33. The van der Waals surface area contributed by atoms with Crippen LogP contribution < -0.4 is 10.2 Å². The number of halogens is 3. The normalized spacial score (nSPS) is 18.3. The summed E-state index contributed by atoms with van der Waals surface area (Å²) in [6, 6.07) is 5.67. The van der Waals surface area contributed by atoms with Crippen molar-refractivity contribution in [1.82, 2.24) is 0 Å². The van der Waals surface area contributed by atoms with E-state index in [1.165, 1.54) is 12.1 Å². The molecule has 0 saturated carbocycles. The van der Waals surface area contributed by atoms with Gasteiger partial charge >= 0.3 is 7.12 Å². The quantitative estimate of drug-likeness (QED) is 0.783. The summed E-state index contributed by atoms with van der Waals surface area (Å²) in [5.41, 5.74) is -1.30. The molecule has 0 spiro atoms. The molecular weight excluding hydrogens is 394 g/mol. The first-order valence-corrected chi connectivity index (χ1v) is 9.94. The number of nitrogens with one attached hydrogen (secondary N) is 1. The summed E-state index contributed by atoms with van der Waals surface area (Å²) >= 11 is 0. The van der Waals surface area contributed by atoms with Crippen LogP contribution in [0.1, 0.15) is 27.7 Å². The predicted molar refractivity (Wildman–Crippen MR) is 99.3 cm³/mol. The van der Waals surface area contributed by atoms with E-state index in [4.69, 9.17) is 9.31 Å². The molecule has 3 rings (SSSR count). The average molecular weight is 413 g/mol. The van der Waals surface area contributed by atoms with Gasteiger partial charge in [0.15, 0.2) is 0 Å². The van der Waals surface area contributed by atoms with Crippen LogP contribution in [0.3, 0.4) is 0 Å². The van der Waals surface area contributed by atoms with Gasteiger partial charge in [0.05, 0.1) is 16.9 Å². The molecule has 1 saturated heterocycles. The zero-order chi connectivity index (χ0) is 20.9. The highest BCUT2D eigenvalue weighted by Gasteiger charge is 2.51. The standard InChI is InChI=1S/C18H19BF3NO4S/c1-17(2)18(3,4)27-19(26-17)11-5-8-15(14(22)9-11)23-28(24,25)16-10-12(20)6-7-13(16)21/h5-10,23H,1-4H3. The Morgan fingerprint density at radius 3 is 2.07 bits per heavy atom. The lowest BCUT2D eigenvalue weighted by Crippen LogP contribution is -2.41. The summed E-state index contributed by atoms with van der Waals surface area (Å²) in [4.78, 5) is -0.915. The van der Waals surface area contributed by atoms with Crippen LogP contribution >= 0.6 is 0 Å². The van der Waals surface area contributed by atoms with Crippen LogP contribution in [0.25, 0.3) is 0 Å². The number of sulfonamides is 1. The fourth-order valence-electron chi connectivity index (χ4n) is 2.62. The Kier molecular flexibility index (Phi) is 5.02. The van der Waals surface area contributed by atoms with E-state index >= 15 is 0 Å². The molecule has 0 aliphatic carbocycles. The third-order valence-electron chi connectivity index (χ3n) is 4.95. The van der Waals surface area contributed by atoms with E-state index in [1.54, 1.807) is 0 Å². The van der Waals surface area contributed by atoms with Crippen molar-refractivity contribution in [1.29, 1.82) is 0 Å². The lowest BCUT2D eigenvalue weighted by atomic mass is 9.79. The van der Waals surface area contributed by atoms with E-state index in [0.29, 0.717) is 17.6 Å². The summed E-state index contributed by atoms with van der Waals surface area (Å²) in [6.45, 7) is 7.39. The highest BCUT2D eigenvalue weighted by molar-refractivity contribution is 7.92. The molecule has 2 aromatic carbocycles. The SMILES string of the molecule is CC1(C)OB(c2ccc(NS(=O)(=O)c3cc(F)ccc3F)c(F)c2)OC1(C)C. The summed E-state index contributed by atoms with van der Waals surface area (Å²) in [5, 5.41) is 0. The fraction of sp³-hybridized carbons (Fsp3) is 0.333. The van der Waals surface area contributed by atoms with Crippen molar-refractivity contribution in [2.75, 3.05) is 4.72 Å². The van der Waals surface area contributed by atoms with Gasteiger partial charge in [-0.1, -0.05) is 6.07 Å². The van der Waals surface area contributed by atoms with Crippen LogP contribution in [0.15, 0.2) is 41.3 Å². The molecule has 1 fully saturated rings. The molecule has 0 unspecified atom stereocenters. The van der Waals surface area contributed by atoms with Gasteiger partial charge in [-0.05, 0) is 63.5 Å². The maximum Gasteiger partial charge on any atom is 0.494 e. The summed E-state index contributed by atoms with van der Waals surface area (Å²) < 4.78 is 79.8. The van der Waals surface area contributed by atoms with Gasteiger partial charge in [-0.2, -0.15) is 0 Å². The van der Waals surface area contributed by atoms with Crippen LogP contribution in [0.5, 0.6) is 0 Å². The molecule has 1 aliphatic heterocycles. The Balaban J connectivity index is 1.87. The molecule has 0 aromatic heterocycles. The number of hydrogen-bond donors (Lipinski definition) is 1. The Labute approximate surface area is 162 Å². The maximum atomic E-state index is 14.5. The van der Waals surface area contributed by atoms with E-state index < -0.39 is 56.4 Å². The molecule has 0 atom stereocenters. The number of hydrogen-bond acceptors (Lipinski definition) is 4. The van der Waals surface area contributed by atoms with Crippen LogP contribution in [0.4, 0.5) is 18.9 Å². The summed E-state index contributed by atoms with van der Waals surface area (Å²) in [5.74, 6) is -2.99. The summed E-state index contributed by atoms with van der Waals surface area (Å²) in [7, 11) is -5.35. The minimum atomic E-state index is -4.53. The predicted octanol–water partition coefficient (Wildman–Crippen LogP) is 3.20. The number of rotatable bonds is 4. The smallest absolute Gasteiger partial charge is 0.399 e. The Morgan fingerprint density at radius 2 is 1.50 bits per heavy atom. The van der Waals surface area contributed by atoms with Gasteiger partial charge < -0.3 is 9.31 Å². The van der Waals surface area contributed by atoms with Gasteiger partial charge in [-0.15, -0.1) is 0 Å². The molecule has 0 amide bonds. The van der Waals surface area contributed by atoms with Crippen molar-refractivity contribution in [3.63, 3.8) is 0 Å². The van der Waals surface area contributed by atoms with Crippen molar-refractivity contribution in [2.45, 2.75) is 43.8 Å². The zero-order valence-corrected chi connectivity index (χ0v) is 16.5. The van der Waals surface area contributed by atoms with Gasteiger partial charge in [0.25, 0.3) is 10.0 Å². The van der Waals surface area contributed by atoms with Crippen molar-refractivity contribution in [3.05, 3.63) is 53.8 Å². The molecule has 1 aliphatic rings. The van der Waals surface area contributed by atoms with Gasteiger partial charge in [-0.25, -0.2) is 21.6 Å². The van der Waals surface area contributed by atoms with Crippen LogP contribution in [-0.2, 0) is 19.3 Å². The molecule has 0 radical (unpaired) electrons. The second-order valence-corrected chi connectivity index (χ2v) is 9.16. The van der Waals surface area contributed by atoms with Crippen molar-refractivity contribution in [2.24, 2.45) is 0 Å². The summed E-state index contributed by atoms with van der Waals surface area (Å²) in [6.07, 6.45) is 0. The average Bonchev–Trinajstić information content (AvgIpc) is 2.79. The van der Waals surface area contributed by atoms with Gasteiger partial charge in [-0.3, -0.25) is 4.72 Å². The molecule has 2 aromatic rings. The lowest BCUT2D eigenvalue weighted by molar-refractivity contribution is 0.00578.